The zero-order chi connectivity index (χ0) is 12.1. The van der Waals surface area contributed by atoms with Gasteiger partial charge in [-0.2, -0.15) is 0 Å². The van der Waals surface area contributed by atoms with Crippen molar-refractivity contribution in [1.82, 2.24) is 15.3 Å². The first kappa shape index (κ1) is 12.3. The van der Waals surface area contributed by atoms with Crippen LogP contribution >= 0.6 is 0 Å². The molecule has 1 fully saturated rings. The van der Waals surface area contributed by atoms with Crippen LogP contribution in [0.15, 0.2) is 12.4 Å². The van der Waals surface area contributed by atoms with Crippen LogP contribution in [0.25, 0.3) is 0 Å². The quantitative estimate of drug-likeness (QED) is 0.724. The van der Waals surface area contributed by atoms with Crippen molar-refractivity contribution in [3.8, 4) is 0 Å². The predicted octanol–water partition coefficient (Wildman–Crippen LogP) is 0.547. The Kier molecular flexibility index (Phi) is 4.28. The van der Waals surface area contributed by atoms with Gasteiger partial charge in [0.2, 0.25) is 5.95 Å². The minimum Gasteiger partial charge on any atom is -0.395 e. The number of rotatable bonds is 7. The van der Waals surface area contributed by atoms with E-state index in [0.29, 0.717) is 18.5 Å². The van der Waals surface area contributed by atoms with Crippen molar-refractivity contribution < 1.29 is 5.11 Å². The average molecular weight is 236 g/mol. The van der Waals surface area contributed by atoms with Gasteiger partial charge < -0.3 is 15.3 Å². The van der Waals surface area contributed by atoms with Crippen LogP contribution in [-0.4, -0.2) is 40.8 Å². The molecule has 0 unspecified atom stereocenters. The molecule has 1 aromatic heterocycles. The molecule has 0 aromatic carbocycles. The van der Waals surface area contributed by atoms with E-state index in [2.05, 4.69) is 15.3 Å². The van der Waals surface area contributed by atoms with Gasteiger partial charge in [0, 0.05) is 43.6 Å². The maximum atomic E-state index is 8.93. The lowest BCUT2D eigenvalue weighted by Gasteiger charge is -2.19. The Bertz CT molecular complexity index is 337. The molecule has 1 aromatic rings. The summed E-state index contributed by atoms with van der Waals surface area (Å²) in [6, 6.07) is 0.705. The molecule has 0 amide bonds. The molecule has 0 radical (unpaired) electrons. The lowest BCUT2D eigenvalue weighted by Crippen LogP contribution is -2.28. The second kappa shape index (κ2) is 5.93. The lowest BCUT2D eigenvalue weighted by molar-refractivity contribution is 0.301. The highest BCUT2D eigenvalue weighted by molar-refractivity contribution is 5.29. The van der Waals surface area contributed by atoms with E-state index < -0.39 is 0 Å². The van der Waals surface area contributed by atoms with Gasteiger partial charge in [-0.05, 0) is 19.8 Å². The van der Waals surface area contributed by atoms with Gasteiger partial charge in [-0.25, -0.2) is 9.97 Å². The summed E-state index contributed by atoms with van der Waals surface area (Å²) in [5.41, 5.74) is 1.11. The first-order chi connectivity index (χ1) is 8.33. The summed E-state index contributed by atoms with van der Waals surface area (Å²) in [5, 5.41) is 12.4. The largest absolute Gasteiger partial charge is 0.395 e. The average Bonchev–Trinajstić information content (AvgIpc) is 3.18. The van der Waals surface area contributed by atoms with E-state index in [9.17, 15) is 0 Å². The third kappa shape index (κ3) is 3.64. The molecule has 94 valence electrons. The number of aromatic nitrogens is 2. The van der Waals surface area contributed by atoms with Crippen LogP contribution in [0.3, 0.4) is 0 Å². The van der Waals surface area contributed by atoms with Crippen LogP contribution in [-0.2, 0) is 6.54 Å². The zero-order valence-corrected chi connectivity index (χ0v) is 10.3. The topological polar surface area (TPSA) is 61.3 Å². The molecule has 1 heterocycles. The first-order valence-corrected chi connectivity index (χ1v) is 6.23. The van der Waals surface area contributed by atoms with Crippen molar-refractivity contribution in [2.75, 3.05) is 24.6 Å². The Morgan fingerprint density at radius 3 is 2.65 bits per heavy atom. The molecule has 5 heteroatoms. The standard InChI is InChI=1S/C12H20N4O/c1-2-16(5-6-17)12-14-8-10(9-15-12)7-13-11-3-4-11/h8-9,11,13,17H,2-7H2,1H3. The van der Waals surface area contributed by atoms with Gasteiger partial charge in [-0.1, -0.05) is 0 Å². The van der Waals surface area contributed by atoms with Gasteiger partial charge in [-0.3, -0.25) is 0 Å². The Morgan fingerprint density at radius 2 is 2.12 bits per heavy atom. The number of likely N-dealkylation sites (N-methyl/N-ethyl adjacent to an activating group) is 1. The van der Waals surface area contributed by atoms with Crippen molar-refractivity contribution in [1.29, 1.82) is 0 Å². The molecule has 0 saturated heterocycles. The van der Waals surface area contributed by atoms with Crippen LogP contribution in [0.5, 0.6) is 0 Å². The lowest BCUT2D eigenvalue weighted by atomic mass is 10.3. The van der Waals surface area contributed by atoms with E-state index >= 15 is 0 Å². The maximum Gasteiger partial charge on any atom is 0.225 e. The van der Waals surface area contributed by atoms with E-state index in [1.165, 1.54) is 12.8 Å². The summed E-state index contributed by atoms with van der Waals surface area (Å²) in [5.74, 6) is 0.691. The van der Waals surface area contributed by atoms with E-state index in [1.54, 1.807) is 0 Å². The Labute approximate surface area is 102 Å². The minimum atomic E-state index is 0.127. The van der Waals surface area contributed by atoms with E-state index in [1.807, 2.05) is 24.2 Å². The molecule has 5 nitrogen and oxygen atoms in total. The number of nitrogens with one attached hydrogen (secondary N) is 1. The third-order valence-electron chi connectivity index (χ3n) is 2.90. The molecule has 1 saturated carbocycles. The third-order valence-corrected chi connectivity index (χ3v) is 2.90. The fraction of sp³-hybridized carbons (Fsp3) is 0.667. The summed E-state index contributed by atoms with van der Waals surface area (Å²) in [4.78, 5) is 10.6. The highest BCUT2D eigenvalue weighted by Gasteiger charge is 2.20. The van der Waals surface area contributed by atoms with Crippen LogP contribution in [0.1, 0.15) is 25.3 Å². The number of hydrogen-bond acceptors (Lipinski definition) is 5. The number of aliphatic hydroxyl groups is 1. The summed E-state index contributed by atoms with van der Waals surface area (Å²) in [6.07, 6.45) is 6.30. The molecule has 1 aliphatic carbocycles. The van der Waals surface area contributed by atoms with Crippen molar-refractivity contribution in [3.63, 3.8) is 0 Å². The van der Waals surface area contributed by atoms with Gasteiger partial charge >= 0.3 is 0 Å². The molecule has 0 spiro atoms. The van der Waals surface area contributed by atoms with Crippen molar-refractivity contribution >= 4 is 5.95 Å². The van der Waals surface area contributed by atoms with Crippen molar-refractivity contribution in [2.45, 2.75) is 32.4 Å². The monoisotopic (exact) mass is 236 g/mol. The number of hydrogen-bond donors (Lipinski definition) is 2. The van der Waals surface area contributed by atoms with Crippen LogP contribution in [0.2, 0.25) is 0 Å². The van der Waals surface area contributed by atoms with Crippen LogP contribution in [0, 0.1) is 0 Å². The second-order valence-electron chi connectivity index (χ2n) is 4.35. The fourth-order valence-electron chi connectivity index (χ4n) is 1.67. The normalized spacial score (nSPS) is 14.9. The van der Waals surface area contributed by atoms with Gasteiger partial charge in [0.1, 0.15) is 0 Å². The SMILES string of the molecule is CCN(CCO)c1ncc(CNC2CC2)cn1. The second-order valence-corrected chi connectivity index (χ2v) is 4.35. The van der Waals surface area contributed by atoms with Gasteiger partial charge in [0.05, 0.1) is 6.61 Å². The van der Waals surface area contributed by atoms with Crippen LogP contribution in [0.4, 0.5) is 5.95 Å². The predicted molar refractivity (Wildman–Crippen MR) is 66.9 cm³/mol. The Hall–Kier alpha value is -1.20. The molecule has 0 bridgehead atoms. The maximum absolute atomic E-state index is 8.93. The van der Waals surface area contributed by atoms with Crippen molar-refractivity contribution in [3.05, 3.63) is 18.0 Å². The molecule has 0 aliphatic heterocycles. The fourth-order valence-corrected chi connectivity index (χ4v) is 1.67. The van der Waals surface area contributed by atoms with Gasteiger partial charge in [0.25, 0.3) is 0 Å². The van der Waals surface area contributed by atoms with E-state index in [-0.39, 0.29) is 6.61 Å². The van der Waals surface area contributed by atoms with Crippen LogP contribution < -0.4 is 10.2 Å². The molecule has 0 atom stereocenters. The summed E-state index contributed by atoms with van der Waals surface area (Å²) < 4.78 is 0. The van der Waals surface area contributed by atoms with Gasteiger partial charge in [-0.15, -0.1) is 0 Å². The smallest absolute Gasteiger partial charge is 0.225 e. The number of anilines is 1. The summed E-state index contributed by atoms with van der Waals surface area (Å²) >= 11 is 0. The Morgan fingerprint density at radius 1 is 1.41 bits per heavy atom. The highest BCUT2D eigenvalue weighted by Crippen LogP contribution is 2.19. The first-order valence-electron chi connectivity index (χ1n) is 6.23. The van der Waals surface area contributed by atoms with E-state index in [4.69, 9.17) is 5.11 Å². The molecular weight excluding hydrogens is 216 g/mol. The molecule has 17 heavy (non-hydrogen) atoms. The zero-order valence-electron chi connectivity index (χ0n) is 10.3. The van der Waals surface area contributed by atoms with E-state index in [0.717, 1.165) is 18.7 Å². The minimum absolute atomic E-state index is 0.127. The Balaban J connectivity index is 1.90. The molecule has 2 N–H and O–H groups in total. The van der Waals surface area contributed by atoms with Gasteiger partial charge in [0.15, 0.2) is 0 Å². The molecule has 2 rings (SSSR count). The number of aliphatic hydroxyl groups excluding tert-OH is 1. The summed E-state index contributed by atoms with van der Waals surface area (Å²) in [7, 11) is 0. The molecule has 1 aliphatic rings. The highest BCUT2D eigenvalue weighted by atomic mass is 16.3. The van der Waals surface area contributed by atoms with Crippen molar-refractivity contribution in [2.24, 2.45) is 0 Å². The number of nitrogens with zero attached hydrogens (tertiary/aromatic N) is 3. The summed E-state index contributed by atoms with van der Waals surface area (Å²) in [6.45, 7) is 4.39. The molecular formula is C12H20N4O.